The molecule has 0 aliphatic carbocycles. The van der Waals surface area contributed by atoms with Gasteiger partial charge in [0.25, 0.3) is 0 Å². The highest BCUT2D eigenvalue weighted by Crippen LogP contribution is 2.24. The third-order valence-electron chi connectivity index (χ3n) is 2.29. The maximum atomic E-state index is 5.59. The van der Waals surface area contributed by atoms with E-state index in [1.807, 2.05) is 30.3 Å². The van der Waals surface area contributed by atoms with Gasteiger partial charge in [0.2, 0.25) is 5.82 Å². The Morgan fingerprint density at radius 2 is 2.00 bits per heavy atom. The van der Waals surface area contributed by atoms with Crippen LogP contribution in [0, 0.1) is 0 Å². The highest BCUT2D eigenvalue weighted by atomic mass is 35.5. The van der Waals surface area contributed by atoms with Crippen LogP contribution < -0.4 is 0 Å². The number of benzene rings is 1. The number of fused-ring (bicyclic) bond motifs is 1. The van der Waals surface area contributed by atoms with Crippen LogP contribution in [0.15, 0.2) is 41.1 Å². The van der Waals surface area contributed by atoms with Crippen LogP contribution in [0.4, 0.5) is 0 Å². The topological polar surface area (TPSA) is 51.8 Å². The minimum absolute atomic E-state index is 0.0183. The largest absolute Gasteiger partial charge is 0.321 e. The molecule has 16 heavy (non-hydrogen) atoms. The average molecular weight is 232 g/mol. The molecule has 0 bridgehead atoms. The predicted molar refractivity (Wildman–Crippen MR) is 60.0 cm³/mol. The molecule has 0 spiro atoms. The Morgan fingerprint density at radius 1 is 1.12 bits per heavy atom. The molecule has 5 heteroatoms. The van der Waals surface area contributed by atoms with Gasteiger partial charge in [0.15, 0.2) is 0 Å². The molecule has 0 aliphatic heterocycles. The number of rotatable bonds is 1. The Hall–Kier alpha value is -1.94. The van der Waals surface area contributed by atoms with Gasteiger partial charge >= 0.3 is 5.35 Å². The summed E-state index contributed by atoms with van der Waals surface area (Å²) in [5.74, 6) is 0.404. The second-order valence-electron chi connectivity index (χ2n) is 3.25. The summed E-state index contributed by atoms with van der Waals surface area (Å²) in [6.07, 6.45) is 1.71. The highest BCUT2D eigenvalue weighted by molar-refractivity contribution is 6.27. The van der Waals surface area contributed by atoms with Crippen molar-refractivity contribution in [2.24, 2.45) is 0 Å². The SMILES string of the molecule is Clc1nc(-c2nccc3ccccc23)no1. The van der Waals surface area contributed by atoms with Gasteiger partial charge in [-0.05, 0) is 23.1 Å². The predicted octanol–water partition coefficient (Wildman–Crippen LogP) is 2.94. The summed E-state index contributed by atoms with van der Waals surface area (Å²) in [7, 11) is 0. The summed E-state index contributed by atoms with van der Waals surface area (Å²) in [5, 5.41) is 5.83. The van der Waals surface area contributed by atoms with Crippen LogP contribution in [-0.4, -0.2) is 15.1 Å². The zero-order chi connectivity index (χ0) is 11.0. The van der Waals surface area contributed by atoms with Crippen molar-refractivity contribution in [3.05, 3.63) is 41.9 Å². The smallest absolute Gasteiger partial charge is 0.320 e. The highest BCUT2D eigenvalue weighted by Gasteiger charge is 2.11. The molecule has 0 atom stereocenters. The standard InChI is InChI=1S/C11H6ClN3O/c12-11-14-10(15-16-11)9-8-4-2-1-3-7(8)5-6-13-9/h1-6H. The van der Waals surface area contributed by atoms with Crippen molar-refractivity contribution in [1.82, 2.24) is 15.1 Å². The van der Waals surface area contributed by atoms with E-state index in [2.05, 4.69) is 15.1 Å². The molecule has 1 aromatic carbocycles. The molecular weight excluding hydrogens is 226 g/mol. The van der Waals surface area contributed by atoms with E-state index in [9.17, 15) is 0 Å². The summed E-state index contributed by atoms with van der Waals surface area (Å²) in [6, 6.07) is 9.80. The minimum atomic E-state index is 0.0183. The molecule has 0 radical (unpaired) electrons. The molecule has 0 saturated carbocycles. The molecule has 3 aromatic rings. The maximum absolute atomic E-state index is 5.59. The lowest BCUT2D eigenvalue weighted by Gasteiger charge is -2.00. The van der Waals surface area contributed by atoms with Gasteiger partial charge in [0.1, 0.15) is 5.69 Å². The number of hydrogen-bond acceptors (Lipinski definition) is 4. The number of nitrogens with zero attached hydrogens (tertiary/aromatic N) is 3. The van der Waals surface area contributed by atoms with Crippen molar-refractivity contribution in [3.8, 4) is 11.5 Å². The molecule has 0 unspecified atom stereocenters. The first kappa shape index (κ1) is 9.30. The Kier molecular flexibility index (Phi) is 2.08. The molecule has 4 nitrogen and oxygen atoms in total. The fraction of sp³-hybridized carbons (Fsp3) is 0. The average Bonchev–Trinajstić information content (AvgIpc) is 2.75. The second kappa shape index (κ2) is 3.57. The first-order chi connectivity index (χ1) is 7.84. The van der Waals surface area contributed by atoms with E-state index < -0.39 is 0 Å². The van der Waals surface area contributed by atoms with E-state index in [-0.39, 0.29) is 5.35 Å². The van der Waals surface area contributed by atoms with Gasteiger partial charge in [-0.15, -0.1) is 0 Å². The molecule has 2 heterocycles. The van der Waals surface area contributed by atoms with E-state index >= 15 is 0 Å². The van der Waals surface area contributed by atoms with Gasteiger partial charge < -0.3 is 4.52 Å². The second-order valence-corrected chi connectivity index (χ2v) is 3.57. The molecule has 0 N–H and O–H groups in total. The third kappa shape index (κ3) is 1.44. The van der Waals surface area contributed by atoms with E-state index in [1.54, 1.807) is 6.20 Å². The lowest BCUT2D eigenvalue weighted by Crippen LogP contribution is -1.87. The van der Waals surface area contributed by atoms with Gasteiger partial charge in [0, 0.05) is 11.6 Å². The van der Waals surface area contributed by atoms with Gasteiger partial charge in [-0.3, -0.25) is 4.98 Å². The van der Waals surface area contributed by atoms with Crippen molar-refractivity contribution in [3.63, 3.8) is 0 Å². The molecule has 0 saturated heterocycles. The first-order valence-electron chi connectivity index (χ1n) is 4.68. The van der Waals surface area contributed by atoms with Crippen LogP contribution in [-0.2, 0) is 0 Å². The van der Waals surface area contributed by atoms with Gasteiger partial charge in [-0.2, -0.15) is 4.98 Å². The van der Waals surface area contributed by atoms with Crippen molar-refractivity contribution < 1.29 is 4.52 Å². The van der Waals surface area contributed by atoms with Crippen LogP contribution >= 0.6 is 11.6 Å². The Morgan fingerprint density at radius 3 is 2.81 bits per heavy atom. The quantitative estimate of drug-likeness (QED) is 0.646. The molecule has 0 amide bonds. The number of pyridine rings is 1. The summed E-state index contributed by atoms with van der Waals surface area (Å²) in [5.41, 5.74) is 0.675. The first-order valence-corrected chi connectivity index (χ1v) is 5.06. The van der Waals surface area contributed by atoms with Crippen molar-refractivity contribution >= 4 is 22.4 Å². The zero-order valence-corrected chi connectivity index (χ0v) is 8.85. The fourth-order valence-electron chi connectivity index (χ4n) is 1.60. The summed E-state index contributed by atoms with van der Waals surface area (Å²) in [4.78, 5) is 8.20. The van der Waals surface area contributed by atoms with Gasteiger partial charge in [-0.25, -0.2) is 0 Å². The van der Waals surface area contributed by atoms with Crippen molar-refractivity contribution in [2.45, 2.75) is 0 Å². The van der Waals surface area contributed by atoms with Crippen LogP contribution in [0.3, 0.4) is 0 Å². The Bertz CT molecular complexity index is 645. The molecule has 0 fully saturated rings. The minimum Gasteiger partial charge on any atom is -0.321 e. The van der Waals surface area contributed by atoms with E-state index in [0.29, 0.717) is 11.5 Å². The van der Waals surface area contributed by atoms with Gasteiger partial charge in [-0.1, -0.05) is 29.4 Å². The van der Waals surface area contributed by atoms with E-state index in [4.69, 9.17) is 16.1 Å². The summed E-state index contributed by atoms with van der Waals surface area (Å²) < 4.78 is 4.73. The van der Waals surface area contributed by atoms with Crippen LogP contribution in [0.25, 0.3) is 22.3 Å². The molecule has 78 valence electrons. The molecular formula is C11H6ClN3O. The van der Waals surface area contributed by atoms with Crippen LogP contribution in [0.5, 0.6) is 0 Å². The number of halogens is 1. The van der Waals surface area contributed by atoms with Crippen molar-refractivity contribution in [2.75, 3.05) is 0 Å². The molecule has 3 rings (SSSR count). The van der Waals surface area contributed by atoms with Crippen LogP contribution in [0.2, 0.25) is 5.35 Å². The fourth-order valence-corrected chi connectivity index (χ4v) is 1.71. The molecule has 0 aliphatic rings. The van der Waals surface area contributed by atoms with E-state index in [0.717, 1.165) is 10.8 Å². The van der Waals surface area contributed by atoms with Crippen molar-refractivity contribution in [1.29, 1.82) is 0 Å². The lowest BCUT2D eigenvalue weighted by atomic mass is 10.1. The Balaban J connectivity index is 2.31. The number of hydrogen-bond donors (Lipinski definition) is 0. The maximum Gasteiger partial charge on any atom is 0.320 e. The lowest BCUT2D eigenvalue weighted by molar-refractivity contribution is 0.420. The summed E-state index contributed by atoms with van der Waals surface area (Å²) in [6.45, 7) is 0. The van der Waals surface area contributed by atoms with E-state index in [1.165, 1.54) is 0 Å². The monoisotopic (exact) mass is 231 g/mol. The van der Waals surface area contributed by atoms with Crippen LogP contribution in [0.1, 0.15) is 0 Å². The normalized spacial score (nSPS) is 10.8. The zero-order valence-electron chi connectivity index (χ0n) is 8.09. The number of aromatic nitrogens is 3. The third-order valence-corrected chi connectivity index (χ3v) is 2.44. The summed E-state index contributed by atoms with van der Waals surface area (Å²) >= 11 is 5.59. The Labute approximate surface area is 95.9 Å². The molecule has 2 aromatic heterocycles. The van der Waals surface area contributed by atoms with Gasteiger partial charge in [0.05, 0.1) is 0 Å².